The number of amides is 1. The molecule has 1 atom stereocenters. The van der Waals surface area contributed by atoms with Crippen molar-refractivity contribution in [3.05, 3.63) is 89.6 Å². The molecule has 0 fully saturated rings. The van der Waals surface area contributed by atoms with Crippen molar-refractivity contribution in [3.8, 4) is 11.8 Å². The molecule has 4 N–H and O–H groups in total. The average Bonchev–Trinajstić information content (AvgIpc) is 3.24. The van der Waals surface area contributed by atoms with Gasteiger partial charge in [0.05, 0.1) is 28.4 Å². The van der Waals surface area contributed by atoms with Gasteiger partial charge in [0.15, 0.2) is 0 Å². The predicted molar refractivity (Wildman–Crippen MR) is 143 cm³/mol. The first-order valence-electron chi connectivity index (χ1n) is 11.1. The number of aromatic carboxylic acids is 1. The van der Waals surface area contributed by atoms with Crippen LogP contribution in [0, 0.1) is 11.3 Å². The molecule has 4 aromatic rings. The van der Waals surface area contributed by atoms with Crippen LogP contribution in [0.1, 0.15) is 26.4 Å². The van der Waals surface area contributed by atoms with Crippen LogP contribution in [0.4, 0.5) is 11.4 Å². The maximum Gasteiger partial charge on any atom is 0.337 e. The first-order chi connectivity index (χ1) is 17.4. The van der Waals surface area contributed by atoms with Gasteiger partial charge in [0.25, 0.3) is 5.91 Å². The van der Waals surface area contributed by atoms with Crippen molar-refractivity contribution in [1.29, 1.82) is 5.26 Å². The lowest BCUT2D eigenvalue weighted by atomic mass is 10.1. The Bertz CT molecular complexity index is 1460. The Hall–Kier alpha value is -4.52. The molecule has 1 amide bonds. The number of nitrogens with one attached hydrogen (secondary N) is 2. The van der Waals surface area contributed by atoms with Crippen LogP contribution in [-0.4, -0.2) is 45.9 Å². The highest BCUT2D eigenvalue weighted by Gasteiger charge is 2.19. The Morgan fingerprint density at radius 1 is 1.08 bits per heavy atom. The first kappa shape index (κ1) is 27.1. The van der Waals surface area contributed by atoms with Gasteiger partial charge in [-0.1, -0.05) is 30.3 Å². The minimum absolute atomic E-state index is 0. The zero-order chi connectivity index (χ0) is 25.7. The third-order valence-electron chi connectivity index (χ3n) is 5.63. The summed E-state index contributed by atoms with van der Waals surface area (Å²) in [4.78, 5) is 24.7. The van der Waals surface area contributed by atoms with E-state index in [0.29, 0.717) is 17.8 Å². The Kier molecular flexibility index (Phi) is 8.74. The number of anilines is 2. The van der Waals surface area contributed by atoms with E-state index in [9.17, 15) is 19.8 Å². The van der Waals surface area contributed by atoms with Gasteiger partial charge in [-0.05, 0) is 42.5 Å². The number of nitriles is 1. The Morgan fingerprint density at radius 2 is 1.84 bits per heavy atom. The van der Waals surface area contributed by atoms with Crippen LogP contribution in [0.15, 0.2) is 72.8 Å². The fraction of sp³-hybridized carbons (Fsp3) is 0.148. The summed E-state index contributed by atoms with van der Waals surface area (Å²) in [5, 5.41) is 35.4. The molecule has 0 radical (unpaired) electrons. The van der Waals surface area contributed by atoms with Gasteiger partial charge in [0.1, 0.15) is 24.2 Å². The number of nitrogens with zero attached hydrogens (tertiary/aromatic N) is 2. The number of carbonyl (C=O) groups excluding carboxylic acids is 1. The number of aliphatic hydroxyl groups is 1. The number of fused-ring (bicyclic) bond motifs is 1. The third-order valence-corrected chi connectivity index (χ3v) is 5.63. The fourth-order valence-electron chi connectivity index (χ4n) is 3.84. The summed E-state index contributed by atoms with van der Waals surface area (Å²) in [6, 6.07) is 22.5. The van der Waals surface area contributed by atoms with Crippen LogP contribution in [0.2, 0.25) is 0 Å². The molecule has 9 nitrogen and oxygen atoms in total. The molecule has 1 heterocycles. The van der Waals surface area contributed by atoms with E-state index in [1.807, 2.05) is 42.5 Å². The van der Waals surface area contributed by atoms with Crippen molar-refractivity contribution in [2.45, 2.75) is 6.10 Å². The molecule has 10 heteroatoms. The highest BCUT2D eigenvalue weighted by molar-refractivity contribution is 6.09. The highest BCUT2D eigenvalue weighted by Crippen LogP contribution is 2.29. The molecule has 0 aliphatic rings. The largest absolute Gasteiger partial charge is 0.489 e. The van der Waals surface area contributed by atoms with E-state index in [1.54, 1.807) is 29.8 Å². The van der Waals surface area contributed by atoms with Crippen LogP contribution < -0.4 is 15.4 Å². The summed E-state index contributed by atoms with van der Waals surface area (Å²) >= 11 is 0. The number of hydrogen-bond donors (Lipinski definition) is 4. The second kappa shape index (κ2) is 11.9. The lowest BCUT2D eigenvalue weighted by Crippen LogP contribution is -2.26. The van der Waals surface area contributed by atoms with Crippen molar-refractivity contribution < 1.29 is 24.5 Å². The Morgan fingerprint density at radius 3 is 2.54 bits per heavy atom. The van der Waals surface area contributed by atoms with E-state index >= 15 is 0 Å². The van der Waals surface area contributed by atoms with Crippen LogP contribution >= 0.6 is 12.4 Å². The molecule has 190 valence electrons. The van der Waals surface area contributed by atoms with Gasteiger partial charge in [-0.3, -0.25) is 4.79 Å². The van der Waals surface area contributed by atoms with Crippen molar-refractivity contribution in [1.82, 2.24) is 4.57 Å². The number of aromatic nitrogens is 1. The zero-order valence-corrected chi connectivity index (χ0v) is 20.7. The first-order valence-corrected chi connectivity index (χ1v) is 11.1. The van der Waals surface area contributed by atoms with E-state index in [4.69, 9.17) is 10.00 Å². The molecule has 4 rings (SSSR count). The normalized spacial score (nSPS) is 11.2. The number of hydrogen-bond acceptors (Lipinski definition) is 6. The monoisotopic (exact) mass is 520 g/mol. The second-order valence-electron chi connectivity index (χ2n) is 8.13. The number of carbonyl (C=O) groups is 2. The van der Waals surface area contributed by atoms with Gasteiger partial charge in [-0.25, -0.2) is 4.79 Å². The van der Waals surface area contributed by atoms with Crippen molar-refractivity contribution in [3.63, 3.8) is 0 Å². The number of para-hydroxylation sites is 2. The number of ether oxygens (including phenoxy) is 1. The molecule has 0 aliphatic carbocycles. The van der Waals surface area contributed by atoms with Crippen molar-refractivity contribution in [2.75, 3.05) is 23.8 Å². The number of carboxylic acid groups (broad SMARTS) is 1. The second-order valence-corrected chi connectivity index (χ2v) is 8.13. The van der Waals surface area contributed by atoms with E-state index in [2.05, 4.69) is 10.6 Å². The molecular weight excluding hydrogens is 496 g/mol. The highest BCUT2D eigenvalue weighted by atomic mass is 35.5. The van der Waals surface area contributed by atoms with E-state index in [1.165, 1.54) is 18.2 Å². The molecule has 1 unspecified atom stereocenters. The van der Waals surface area contributed by atoms with Gasteiger partial charge < -0.3 is 30.2 Å². The van der Waals surface area contributed by atoms with Crippen LogP contribution in [0.3, 0.4) is 0 Å². The SMILES string of the molecule is Cl.Cn1c(C(=O)Nc2ccc(C#N)cc2C(=O)O)cc2cccc(OCC(O)CNc3ccccc3)c21. The Labute approximate surface area is 219 Å². The van der Waals surface area contributed by atoms with E-state index in [-0.39, 0.29) is 41.5 Å². The van der Waals surface area contributed by atoms with Crippen LogP contribution in [0.25, 0.3) is 10.9 Å². The standard InChI is InChI=1S/C27H24N4O5.ClH/c1-31-23(26(33)30-22-11-10-17(14-28)12-21(22)27(34)35)13-18-6-5-9-24(25(18)31)36-16-20(32)15-29-19-7-3-2-4-8-19;/h2-13,20,29,32H,15-16H2,1H3,(H,30,33)(H,34,35);1H. The number of aliphatic hydroxyl groups excluding tert-OH is 1. The molecular formula is C27H25ClN4O5. The van der Waals surface area contributed by atoms with Gasteiger partial charge >= 0.3 is 5.97 Å². The molecule has 3 aromatic carbocycles. The molecule has 0 bridgehead atoms. The quantitative estimate of drug-likeness (QED) is 0.258. The number of aryl methyl sites for hydroxylation is 1. The summed E-state index contributed by atoms with van der Waals surface area (Å²) in [5.41, 5.74) is 1.92. The van der Waals surface area contributed by atoms with E-state index < -0.39 is 18.0 Å². The molecule has 0 saturated heterocycles. The lowest BCUT2D eigenvalue weighted by molar-refractivity contribution is 0.0698. The number of halogens is 1. The van der Waals surface area contributed by atoms with Gasteiger partial charge in [0.2, 0.25) is 0 Å². The number of benzene rings is 3. The number of carboxylic acids is 1. The summed E-state index contributed by atoms with van der Waals surface area (Å²) in [6.45, 7) is 0.343. The summed E-state index contributed by atoms with van der Waals surface area (Å²) in [7, 11) is 1.70. The minimum atomic E-state index is -1.25. The van der Waals surface area contributed by atoms with Crippen molar-refractivity contribution in [2.24, 2.45) is 7.05 Å². The zero-order valence-electron chi connectivity index (χ0n) is 19.8. The predicted octanol–water partition coefficient (Wildman–Crippen LogP) is 4.27. The third kappa shape index (κ3) is 6.19. The van der Waals surface area contributed by atoms with Crippen molar-refractivity contribution >= 4 is 46.6 Å². The average molecular weight is 521 g/mol. The maximum absolute atomic E-state index is 13.1. The molecule has 0 saturated carbocycles. The topological polar surface area (TPSA) is 137 Å². The van der Waals surface area contributed by atoms with Gasteiger partial charge in [-0.2, -0.15) is 5.26 Å². The summed E-state index contributed by atoms with van der Waals surface area (Å²) < 4.78 is 7.54. The van der Waals surface area contributed by atoms with Crippen LogP contribution in [-0.2, 0) is 7.05 Å². The van der Waals surface area contributed by atoms with E-state index in [0.717, 1.165) is 11.1 Å². The summed E-state index contributed by atoms with van der Waals surface area (Å²) in [6.07, 6.45) is -0.769. The van der Waals surface area contributed by atoms with Crippen LogP contribution in [0.5, 0.6) is 5.75 Å². The minimum Gasteiger partial charge on any atom is -0.489 e. The smallest absolute Gasteiger partial charge is 0.337 e. The molecule has 1 aromatic heterocycles. The van der Waals surface area contributed by atoms with Gasteiger partial charge in [-0.15, -0.1) is 12.4 Å². The number of rotatable bonds is 9. The lowest BCUT2D eigenvalue weighted by Gasteiger charge is -2.15. The Balaban J connectivity index is 0.00000380. The maximum atomic E-state index is 13.1. The molecule has 37 heavy (non-hydrogen) atoms. The molecule has 0 spiro atoms. The fourth-order valence-corrected chi connectivity index (χ4v) is 3.84. The molecule has 0 aliphatic heterocycles. The van der Waals surface area contributed by atoms with Gasteiger partial charge in [0, 0.05) is 24.7 Å². The summed E-state index contributed by atoms with van der Waals surface area (Å²) in [5.74, 6) is -1.27.